The molecule has 0 aromatic carbocycles. The highest BCUT2D eigenvalue weighted by Crippen LogP contribution is 2.32. The number of carboxylic acid groups (broad SMARTS) is 1. The van der Waals surface area contributed by atoms with Crippen LogP contribution in [0.25, 0.3) is 0 Å². The summed E-state index contributed by atoms with van der Waals surface area (Å²) >= 11 is 0. The van der Waals surface area contributed by atoms with Gasteiger partial charge in [0.25, 0.3) is 0 Å². The second kappa shape index (κ2) is 8.71. The van der Waals surface area contributed by atoms with Crippen LogP contribution in [0.4, 0.5) is 0 Å². The van der Waals surface area contributed by atoms with Gasteiger partial charge in [0.05, 0.1) is 6.61 Å². The van der Waals surface area contributed by atoms with E-state index in [9.17, 15) is 9.90 Å². The van der Waals surface area contributed by atoms with Gasteiger partial charge in [0.2, 0.25) is 0 Å². The first-order valence-corrected chi connectivity index (χ1v) is 8.16. The van der Waals surface area contributed by atoms with Gasteiger partial charge >= 0.3 is 5.97 Å². The lowest BCUT2D eigenvalue weighted by molar-refractivity contribution is -0.147. The number of carbonyl (C=O) groups is 1. The summed E-state index contributed by atoms with van der Waals surface area (Å²) in [7, 11) is 1.72. The van der Waals surface area contributed by atoms with Crippen molar-refractivity contribution in [2.24, 2.45) is 5.92 Å². The molecule has 1 aliphatic carbocycles. The molecule has 0 aliphatic heterocycles. The number of rotatable bonds is 9. The maximum atomic E-state index is 11.8. The van der Waals surface area contributed by atoms with E-state index >= 15 is 0 Å². The van der Waals surface area contributed by atoms with Crippen LogP contribution in [-0.2, 0) is 9.53 Å². The Kier molecular flexibility index (Phi) is 7.63. The molecule has 21 heavy (non-hydrogen) atoms. The number of nitrogens with zero attached hydrogens (tertiary/aromatic N) is 1. The van der Waals surface area contributed by atoms with Crippen molar-refractivity contribution in [2.75, 3.05) is 33.4 Å². The number of nitrogens with one attached hydrogen (secondary N) is 1. The molecule has 1 fully saturated rings. The standard InChI is InChI=1S/C16H32N2O3/c1-5-17-16(15(19)20)8-6-7-14(11-16)18(9-10-21-4)12-13(2)3/h13-14,17H,5-12H2,1-4H3,(H,19,20). The van der Waals surface area contributed by atoms with Crippen molar-refractivity contribution in [3.63, 3.8) is 0 Å². The molecule has 2 N–H and O–H groups in total. The van der Waals surface area contributed by atoms with Crippen LogP contribution in [-0.4, -0.2) is 60.9 Å². The Hall–Kier alpha value is -0.650. The Morgan fingerprint density at radius 2 is 2.24 bits per heavy atom. The minimum absolute atomic E-state index is 0.325. The zero-order valence-electron chi connectivity index (χ0n) is 14.0. The Bertz CT molecular complexity index is 319. The molecular weight excluding hydrogens is 268 g/mol. The van der Waals surface area contributed by atoms with Crippen LogP contribution in [0.5, 0.6) is 0 Å². The summed E-state index contributed by atoms with van der Waals surface area (Å²) in [4.78, 5) is 14.2. The molecule has 0 amide bonds. The van der Waals surface area contributed by atoms with Crippen molar-refractivity contribution in [3.05, 3.63) is 0 Å². The SMILES string of the molecule is CCNC1(C(=O)O)CCCC(N(CCOC)CC(C)C)C1. The second-order valence-corrected chi connectivity index (χ2v) is 6.55. The summed E-state index contributed by atoms with van der Waals surface area (Å²) in [5.41, 5.74) is -0.750. The minimum atomic E-state index is -0.750. The van der Waals surface area contributed by atoms with Crippen molar-refractivity contribution < 1.29 is 14.6 Å². The number of methoxy groups -OCH3 is 1. The van der Waals surface area contributed by atoms with Gasteiger partial charge in [-0.3, -0.25) is 9.69 Å². The van der Waals surface area contributed by atoms with Crippen LogP contribution < -0.4 is 5.32 Å². The van der Waals surface area contributed by atoms with E-state index in [-0.39, 0.29) is 0 Å². The molecule has 124 valence electrons. The highest BCUT2D eigenvalue weighted by molar-refractivity contribution is 5.79. The summed E-state index contributed by atoms with van der Waals surface area (Å²) in [6.07, 6.45) is 3.46. The summed E-state index contributed by atoms with van der Waals surface area (Å²) in [6, 6.07) is 0.325. The van der Waals surface area contributed by atoms with Crippen LogP contribution >= 0.6 is 0 Å². The normalized spacial score (nSPS) is 26.5. The first-order valence-electron chi connectivity index (χ1n) is 8.16. The van der Waals surface area contributed by atoms with E-state index in [2.05, 4.69) is 24.1 Å². The van der Waals surface area contributed by atoms with Crippen molar-refractivity contribution in [1.82, 2.24) is 10.2 Å². The molecule has 0 bridgehead atoms. The lowest BCUT2D eigenvalue weighted by Gasteiger charge is -2.43. The first kappa shape index (κ1) is 18.4. The fraction of sp³-hybridized carbons (Fsp3) is 0.938. The predicted molar refractivity (Wildman–Crippen MR) is 84.6 cm³/mol. The maximum absolute atomic E-state index is 11.8. The van der Waals surface area contributed by atoms with Gasteiger partial charge in [-0.25, -0.2) is 0 Å². The number of ether oxygens (including phenoxy) is 1. The third kappa shape index (κ3) is 5.24. The van der Waals surface area contributed by atoms with Gasteiger partial charge in [-0.1, -0.05) is 20.8 Å². The molecule has 0 aromatic heterocycles. The monoisotopic (exact) mass is 300 g/mol. The van der Waals surface area contributed by atoms with Crippen LogP contribution in [0.3, 0.4) is 0 Å². The Labute approximate surface area is 129 Å². The van der Waals surface area contributed by atoms with E-state index in [4.69, 9.17) is 4.74 Å². The van der Waals surface area contributed by atoms with Crippen LogP contribution in [0, 0.1) is 5.92 Å². The van der Waals surface area contributed by atoms with E-state index in [1.165, 1.54) is 0 Å². The van der Waals surface area contributed by atoms with E-state index in [0.717, 1.165) is 32.4 Å². The third-order valence-corrected chi connectivity index (χ3v) is 4.35. The molecule has 5 nitrogen and oxygen atoms in total. The van der Waals surface area contributed by atoms with Gasteiger partial charge in [-0.2, -0.15) is 0 Å². The molecule has 0 radical (unpaired) electrons. The van der Waals surface area contributed by atoms with Crippen molar-refractivity contribution in [2.45, 2.75) is 58.0 Å². The highest BCUT2D eigenvalue weighted by atomic mass is 16.5. The summed E-state index contributed by atoms with van der Waals surface area (Å²) < 4.78 is 5.22. The smallest absolute Gasteiger partial charge is 0.323 e. The molecule has 1 rings (SSSR count). The number of carboxylic acids is 1. The molecular formula is C16H32N2O3. The average molecular weight is 300 g/mol. The van der Waals surface area contributed by atoms with E-state index in [1.54, 1.807) is 7.11 Å². The van der Waals surface area contributed by atoms with E-state index in [0.29, 0.717) is 31.5 Å². The molecule has 1 saturated carbocycles. The van der Waals surface area contributed by atoms with Crippen molar-refractivity contribution >= 4 is 5.97 Å². The highest BCUT2D eigenvalue weighted by Gasteiger charge is 2.43. The quantitative estimate of drug-likeness (QED) is 0.681. The van der Waals surface area contributed by atoms with Crippen molar-refractivity contribution in [3.8, 4) is 0 Å². The Balaban J connectivity index is 2.80. The Morgan fingerprint density at radius 3 is 2.76 bits per heavy atom. The average Bonchev–Trinajstić information content (AvgIpc) is 2.43. The van der Waals surface area contributed by atoms with Gasteiger partial charge in [-0.05, 0) is 38.1 Å². The number of likely N-dealkylation sites (N-methyl/N-ethyl adjacent to an activating group) is 1. The molecule has 0 heterocycles. The molecule has 0 saturated heterocycles. The summed E-state index contributed by atoms with van der Waals surface area (Å²) in [5, 5.41) is 12.9. The van der Waals surface area contributed by atoms with E-state index in [1.807, 2.05) is 6.92 Å². The zero-order valence-corrected chi connectivity index (χ0v) is 14.0. The van der Waals surface area contributed by atoms with Gasteiger partial charge in [0, 0.05) is 26.2 Å². The maximum Gasteiger partial charge on any atom is 0.323 e. The molecule has 1 aliphatic rings. The molecule has 2 unspecified atom stereocenters. The van der Waals surface area contributed by atoms with Crippen LogP contribution in [0.15, 0.2) is 0 Å². The van der Waals surface area contributed by atoms with Gasteiger partial charge in [0.15, 0.2) is 0 Å². The number of hydrogen-bond acceptors (Lipinski definition) is 4. The number of aliphatic carboxylic acids is 1. The van der Waals surface area contributed by atoms with E-state index < -0.39 is 11.5 Å². The molecule has 5 heteroatoms. The largest absolute Gasteiger partial charge is 0.480 e. The first-order chi connectivity index (χ1) is 9.95. The summed E-state index contributed by atoms with van der Waals surface area (Å²) in [5.74, 6) is -0.132. The van der Waals surface area contributed by atoms with Gasteiger partial charge in [-0.15, -0.1) is 0 Å². The summed E-state index contributed by atoms with van der Waals surface area (Å²) in [6.45, 7) is 9.66. The number of hydrogen-bond donors (Lipinski definition) is 2. The lowest BCUT2D eigenvalue weighted by Crippen LogP contribution is -2.58. The lowest BCUT2D eigenvalue weighted by atomic mass is 9.78. The zero-order chi connectivity index (χ0) is 15.9. The molecule has 0 spiro atoms. The van der Waals surface area contributed by atoms with Crippen molar-refractivity contribution in [1.29, 1.82) is 0 Å². The molecule has 2 atom stereocenters. The fourth-order valence-electron chi connectivity index (χ4n) is 3.43. The Morgan fingerprint density at radius 1 is 1.52 bits per heavy atom. The van der Waals surface area contributed by atoms with Gasteiger partial charge in [0.1, 0.15) is 5.54 Å². The predicted octanol–water partition coefficient (Wildman–Crippen LogP) is 1.97. The van der Waals surface area contributed by atoms with Crippen LogP contribution in [0.2, 0.25) is 0 Å². The topological polar surface area (TPSA) is 61.8 Å². The molecule has 0 aromatic rings. The van der Waals surface area contributed by atoms with Crippen LogP contribution in [0.1, 0.15) is 46.5 Å². The third-order valence-electron chi connectivity index (χ3n) is 4.35. The minimum Gasteiger partial charge on any atom is -0.480 e. The second-order valence-electron chi connectivity index (χ2n) is 6.55. The van der Waals surface area contributed by atoms with Gasteiger partial charge < -0.3 is 15.2 Å². The fourth-order valence-corrected chi connectivity index (χ4v) is 3.43.